The highest BCUT2D eigenvalue weighted by Crippen LogP contribution is 2.62. The van der Waals surface area contributed by atoms with Gasteiger partial charge in [-0.15, -0.1) is 0 Å². The SMILES string of the molecule is C=C1CCC2[C@](C)(COC(C)=O)[C@H](OC(C)=O)CC[C@]2(C)[C@H]1CC(NCC(=O)OC)C1=CCOC1=O. The number of nitrogens with one attached hydrogen (secondary N) is 1. The van der Waals surface area contributed by atoms with Crippen molar-refractivity contribution in [1.82, 2.24) is 5.32 Å². The second-order valence-corrected chi connectivity index (χ2v) is 10.7. The van der Waals surface area contributed by atoms with Crippen LogP contribution in [0.3, 0.4) is 0 Å². The molecule has 1 aliphatic heterocycles. The Morgan fingerprint density at radius 3 is 2.53 bits per heavy atom. The van der Waals surface area contributed by atoms with Gasteiger partial charge in [0, 0.05) is 25.3 Å². The van der Waals surface area contributed by atoms with Crippen LogP contribution in [0, 0.1) is 22.7 Å². The number of methoxy groups -OCH3 is 1. The predicted molar refractivity (Wildman–Crippen MR) is 130 cm³/mol. The van der Waals surface area contributed by atoms with Gasteiger partial charge in [-0.3, -0.25) is 19.7 Å². The van der Waals surface area contributed by atoms with Crippen LogP contribution in [0.5, 0.6) is 0 Å². The number of carbonyl (C=O) groups is 4. The van der Waals surface area contributed by atoms with E-state index < -0.39 is 23.4 Å². The van der Waals surface area contributed by atoms with Gasteiger partial charge in [0.25, 0.3) is 0 Å². The van der Waals surface area contributed by atoms with Crippen molar-refractivity contribution in [2.45, 2.75) is 71.9 Å². The van der Waals surface area contributed by atoms with Gasteiger partial charge >= 0.3 is 23.9 Å². The third kappa shape index (κ3) is 5.66. The molecule has 6 atom stereocenters. The van der Waals surface area contributed by atoms with Crippen molar-refractivity contribution in [1.29, 1.82) is 0 Å². The molecule has 36 heavy (non-hydrogen) atoms. The molecule has 2 unspecified atom stereocenters. The number of hydrogen-bond acceptors (Lipinski definition) is 9. The maximum atomic E-state index is 12.4. The minimum Gasteiger partial charge on any atom is -0.468 e. The summed E-state index contributed by atoms with van der Waals surface area (Å²) >= 11 is 0. The van der Waals surface area contributed by atoms with E-state index in [0.717, 1.165) is 24.8 Å². The molecule has 0 amide bonds. The van der Waals surface area contributed by atoms with Gasteiger partial charge in [-0.2, -0.15) is 0 Å². The van der Waals surface area contributed by atoms with Gasteiger partial charge in [-0.1, -0.05) is 26.0 Å². The first-order valence-electron chi connectivity index (χ1n) is 12.6. The number of carbonyl (C=O) groups excluding carboxylic acids is 4. The van der Waals surface area contributed by atoms with Crippen LogP contribution in [-0.2, 0) is 38.1 Å². The molecule has 3 rings (SSSR count). The molecule has 0 radical (unpaired) electrons. The highest BCUT2D eigenvalue weighted by molar-refractivity contribution is 5.91. The molecular formula is C27H39NO8. The van der Waals surface area contributed by atoms with Crippen LogP contribution >= 0.6 is 0 Å². The number of hydrogen-bond donors (Lipinski definition) is 1. The summed E-state index contributed by atoms with van der Waals surface area (Å²) in [5, 5.41) is 3.20. The van der Waals surface area contributed by atoms with Crippen molar-refractivity contribution in [3.8, 4) is 0 Å². The van der Waals surface area contributed by atoms with Crippen molar-refractivity contribution in [2.24, 2.45) is 22.7 Å². The van der Waals surface area contributed by atoms with Gasteiger partial charge in [0.1, 0.15) is 19.3 Å². The van der Waals surface area contributed by atoms with Crippen molar-refractivity contribution in [3.05, 3.63) is 23.8 Å². The smallest absolute Gasteiger partial charge is 0.335 e. The molecular weight excluding hydrogens is 466 g/mol. The number of allylic oxidation sites excluding steroid dienone is 1. The third-order valence-electron chi connectivity index (χ3n) is 8.53. The molecule has 0 bridgehead atoms. The van der Waals surface area contributed by atoms with Gasteiger partial charge in [-0.05, 0) is 55.4 Å². The zero-order valence-corrected chi connectivity index (χ0v) is 22.0. The van der Waals surface area contributed by atoms with E-state index in [1.807, 2.05) is 6.92 Å². The summed E-state index contributed by atoms with van der Waals surface area (Å²) in [5.74, 6) is -1.46. The zero-order chi connectivity index (χ0) is 26.7. The van der Waals surface area contributed by atoms with Crippen LogP contribution in [-0.4, -0.2) is 62.9 Å². The van der Waals surface area contributed by atoms with Gasteiger partial charge in [-0.25, -0.2) is 4.79 Å². The molecule has 1 heterocycles. The standard InChI is InChI=1S/C27H39NO8/c1-16-7-8-22-26(4,11-9-23(36-18(3)30)27(22,5)15-35-17(2)29)20(16)13-21(28-14-24(31)33-6)19-10-12-34-25(19)32/h10,20-23,28H,1,7-9,11-15H2,2-6H3/t20-,21?,22?,23+,26+,27-/m0/s1. The molecule has 0 aromatic heterocycles. The first kappa shape index (κ1) is 27.9. The van der Waals surface area contributed by atoms with Crippen LogP contribution in [0.2, 0.25) is 0 Å². The van der Waals surface area contributed by atoms with Crippen LogP contribution in [0.25, 0.3) is 0 Å². The molecule has 0 aromatic carbocycles. The number of esters is 4. The average Bonchev–Trinajstić information content (AvgIpc) is 3.24. The Labute approximate surface area is 212 Å². The molecule has 0 spiro atoms. The Morgan fingerprint density at radius 2 is 1.94 bits per heavy atom. The quantitative estimate of drug-likeness (QED) is 0.287. The molecule has 0 aromatic rings. The summed E-state index contributed by atoms with van der Waals surface area (Å²) in [6.07, 6.45) is 4.92. The van der Waals surface area contributed by atoms with Gasteiger partial charge in [0.05, 0.1) is 19.2 Å². The molecule has 2 aliphatic carbocycles. The minimum atomic E-state index is -0.580. The van der Waals surface area contributed by atoms with Gasteiger partial charge in [0.2, 0.25) is 0 Å². The molecule has 1 N–H and O–H groups in total. The lowest BCUT2D eigenvalue weighted by Crippen LogP contribution is -2.59. The molecule has 9 heteroatoms. The fraction of sp³-hybridized carbons (Fsp3) is 0.704. The fourth-order valence-electron chi connectivity index (χ4n) is 6.74. The summed E-state index contributed by atoms with van der Waals surface area (Å²) in [6.45, 7) is 11.8. The van der Waals surface area contributed by atoms with E-state index in [9.17, 15) is 19.2 Å². The molecule has 3 aliphatic rings. The summed E-state index contributed by atoms with van der Waals surface area (Å²) in [6, 6.07) is -0.414. The number of cyclic esters (lactones) is 1. The van der Waals surface area contributed by atoms with E-state index >= 15 is 0 Å². The highest BCUT2D eigenvalue weighted by Gasteiger charge is 2.60. The van der Waals surface area contributed by atoms with E-state index in [0.29, 0.717) is 18.4 Å². The first-order chi connectivity index (χ1) is 16.9. The second kappa shape index (κ2) is 11.2. The summed E-state index contributed by atoms with van der Waals surface area (Å²) < 4.78 is 21.2. The summed E-state index contributed by atoms with van der Waals surface area (Å²) in [7, 11) is 1.32. The number of rotatable bonds is 9. The van der Waals surface area contributed by atoms with Crippen molar-refractivity contribution in [3.63, 3.8) is 0 Å². The van der Waals surface area contributed by atoms with Gasteiger partial charge < -0.3 is 18.9 Å². The lowest BCUT2D eigenvalue weighted by molar-refractivity contribution is -0.192. The average molecular weight is 506 g/mol. The van der Waals surface area contributed by atoms with Crippen LogP contribution < -0.4 is 5.32 Å². The Bertz CT molecular complexity index is 942. The Hall–Kier alpha value is -2.68. The number of fused-ring (bicyclic) bond motifs is 1. The highest BCUT2D eigenvalue weighted by atomic mass is 16.6. The monoisotopic (exact) mass is 505 g/mol. The largest absolute Gasteiger partial charge is 0.468 e. The van der Waals surface area contributed by atoms with Crippen LogP contribution in [0.4, 0.5) is 0 Å². The lowest BCUT2D eigenvalue weighted by Gasteiger charge is -2.60. The number of ether oxygens (including phenoxy) is 4. The van der Waals surface area contributed by atoms with Crippen molar-refractivity contribution in [2.75, 3.05) is 26.9 Å². The molecule has 2 saturated carbocycles. The lowest BCUT2D eigenvalue weighted by atomic mass is 9.46. The maximum absolute atomic E-state index is 12.4. The fourth-order valence-corrected chi connectivity index (χ4v) is 6.74. The first-order valence-corrected chi connectivity index (χ1v) is 12.6. The Balaban J connectivity index is 1.94. The summed E-state index contributed by atoms with van der Waals surface area (Å²) in [4.78, 5) is 48.0. The van der Waals surface area contributed by atoms with Crippen LogP contribution in [0.15, 0.2) is 23.8 Å². The van der Waals surface area contributed by atoms with E-state index in [1.165, 1.54) is 21.0 Å². The predicted octanol–water partition coefficient (Wildman–Crippen LogP) is 2.87. The van der Waals surface area contributed by atoms with E-state index in [4.69, 9.17) is 18.9 Å². The summed E-state index contributed by atoms with van der Waals surface area (Å²) in [5.41, 5.74) is 0.763. The normalized spacial score (nSPS) is 32.6. The molecule has 9 nitrogen and oxygen atoms in total. The Morgan fingerprint density at radius 1 is 1.22 bits per heavy atom. The van der Waals surface area contributed by atoms with E-state index in [2.05, 4.69) is 18.8 Å². The zero-order valence-electron chi connectivity index (χ0n) is 22.0. The third-order valence-corrected chi connectivity index (χ3v) is 8.53. The topological polar surface area (TPSA) is 117 Å². The van der Waals surface area contributed by atoms with Crippen molar-refractivity contribution >= 4 is 23.9 Å². The maximum Gasteiger partial charge on any atom is 0.335 e. The van der Waals surface area contributed by atoms with E-state index in [1.54, 1.807) is 6.08 Å². The van der Waals surface area contributed by atoms with E-state index in [-0.39, 0.29) is 55.1 Å². The molecule has 0 saturated heterocycles. The second-order valence-electron chi connectivity index (χ2n) is 10.7. The molecule has 200 valence electrons. The minimum absolute atomic E-state index is 0.00984. The van der Waals surface area contributed by atoms with Crippen LogP contribution in [0.1, 0.15) is 59.8 Å². The molecule has 2 fully saturated rings. The van der Waals surface area contributed by atoms with Crippen molar-refractivity contribution < 1.29 is 38.1 Å². The Kier molecular flexibility index (Phi) is 8.64. The van der Waals surface area contributed by atoms with Gasteiger partial charge in [0.15, 0.2) is 0 Å².